The molecule has 3 aromatic rings. The lowest BCUT2D eigenvalue weighted by Crippen LogP contribution is -2.58. The third-order valence-corrected chi connectivity index (χ3v) is 7.92. The zero-order chi connectivity index (χ0) is 34.7. The van der Waals surface area contributed by atoms with Gasteiger partial charge in [0.05, 0.1) is 0 Å². The Morgan fingerprint density at radius 1 is 0.729 bits per heavy atom. The Kier molecular flexibility index (Phi) is 12.3. The van der Waals surface area contributed by atoms with Gasteiger partial charge in [-0.25, -0.2) is 9.59 Å². The number of carboxylic acid groups (broad SMARTS) is 1. The van der Waals surface area contributed by atoms with E-state index in [1.165, 1.54) is 4.90 Å². The van der Waals surface area contributed by atoms with Crippen LogP contribution in [0.25, 0.3) is 0 Å². The number of rotatable bonds is 13. The van der Waals surface area contributed by atoms with Crippen molar-refractivity contribution in [3.8, 4) is 0 Å². The van der Waals surface area contributed by atoms with Crippen molar-refractivity contribution < 1.29 is 33.8 Å². The number of carboxylic acids is 1. The molecule has 1 aliphatic heterocycles. The van der Waals surface area contributed by atoms with Gasteiger partial charge in [0.2, 0.25) is 17.7 Å². The number of hydrogen-bond acceptors (Lipinski definition) is 6. The van der Waals surface area contributed by atoms with E-state index in [-0.39, 0.29) is 25.8 Å². The maximum Gasteiger partial charge on any atom is 0.408 e. The number of likely N-dealkylation sites (tertiary alicyclic amines) is 1. The Morgan fingerprint density at radius 2 is 1.21 bits per heavy atom. The molecule has 0 unspecified atom stereocenters. The second kappa shape index (κ2) is 16.6. The van der Waals surface area contributed by atoms with Crippen LogP contribution >= 0.6 is 0 Å². The van der Waals surface area contributed by atoms with Crippen molar-refractivity contribution in [2.45, 2.75) is 82.6 Å². The molecule has 254 valence electrons. The highest BCUT2D eigenvalue weighted by Gasteiger charge is 2.39. The molecule has 0 spiro atoms. The number of amides is 4. The summed E-state index contributed by atoms with van der Waals surface area (Å²) in [5.74, 6) is -2.84. The Bertz CT molecular complexity index is 1540. The van der Waals surface area contributed by atoms with Crippen LogP contribution in [-0.4, -0.2) is 76.1 Å². The van der Waals surface area contributed by atoms with Gasteiger partial charge in [0.15, 0.2) is 0 Å². The molecule has 0 aromatic heterocycles. The van der Waals surface area contributed by atoms with Crippen LogP contribution in [0.1, 0.15) is 50.3 Å². The molecule has 4 rings (SSSR count). The van der Waals surface area contributed by atoms with Crippen LogP contribution in [0.3, 0.4) is 0 Å². The van der Waals surface area contributed by atoms with Gasteiger partial charge in [-0.1, -0.05) is 91.0 Å². The third kappa shape index (κ3) is 10.7. The van der Waals surface area contributed by atoms with E-state index < -0.39 is 59.6 Å². The molecule has 0 saturated carbocycles. The Balaban J connectivity index is 1.52. The van der Waals surface area contributed by atoms with Crippen LogP contribution in [0.4, 0.5) is 4.79 Å². The molecule has 4 N–H and O–H groups in total. The molecule has 4 amide bonds. The van der Waals surface area contributed by atoms with Crippen molar-refractivity contribution in [2.24, 2.45) is 0 Å². The fourth-order valence-electron chi connectivity index (χ4n) is 5.65. The summed E-state index contributed by atoms with van der Waals surface area (Å²) in [5, 5.41) is 18.0. The molecule has 48 heavy (non-hydrogen) atoms. The molecule has 11 heteroatoms. The Hall–Kier alpha value is -5.19. The fraction of sp³-hybridized carbons (Fsp3) is 0.378. The van der Waals surface area contributed by atoms with E-state index in [1.807, 2.05) is 66.7 Å². The quantitative estimate of drug-likeness (QED) is 0.219. The standard InChI is InChI=1S/C37H44N4O7/c1-37(2,3)48-36(47)40-29(23-26-16-9-5-10-17-26)34(44)41-21-13-20-31(41)33(43)38-28(22-25-14-7-4-8-15-25)32(42)39-30(35(45)46)24-27-18-11-6-12-19-27/h4-12,14-19,28-31H,13,20-24H2,1-3H3,(H,38,43)(H,39,42)(H,40,47)(H,45,46)/t28-,29-,30-,31-/m0/s1. The van der Waals surface area contributed by atoms with Crippen molar-refractivity contribution in [3.63, 3.8) is 0 Å². The van der Waals surface area contributed by atoms with Gasteiger partial charge in [-0.05, 0) is 50.3 Å². The molecular weight excluding hydrogens is 612 g/mol. The van der Waals surface area contributed by atoms with E-state index in [2.05, 4.69) is 16.0 Å². The summed E-state index contributed by atoms with van der Waals surface area (Å²) < 4.78 is 5.43. The van der Waals surface area contributed by atoms with E-state index in [0.29, 0.717) is 12.8 Å². The third-order valence-electron chi connectivity index (χ3n) is 7.92. The molecule has 11 nitrogen and oxygen atoms in total. The summed E-state index contributed by atoms with van der Waals surface area (Å²) in [4.78, 5) is 67.8. The average molecular weight is 657 g/mol. The van der Waals surface area contributed by atoms with Crippen LogP contribution < -0.4 is 16.0 Å². The van der Waals surface area contributed by atoms with Gasteiger partial charge in [-0.15, -0.1) is 0 Å². The molecule has 0 bridgehead atoms. The number of carbonyl (C=O) groups excluding carboxylic acids is 4. The van der Waals surface area contributed by atoms with Gasteiger partial charge < -0.3 is 30.7 Å². The summed E-state index contributed by atoms with van der Waals surface area (Å²) in [7, 11) is 0. The second-order valence-corrected chi connectivity index (χ2v) is 12.9. The average Bonchev–Trinajstić information content (AvgIpc) is 3.54. The predicted octanol–water partition coefficient (Wildman–Crippen LogP) is 3.65. The molecule has 0 aliphatic carbocycles. The number of aliphatic carboxylic acids is 1. The van der Waals surface area contributed by atoms with E-state index in [4.69, 9.17) is 4.74 Å². The van der Waals surface area contributed by atoms with Crippen molar-refractivity contribution in [1.29, 1.82) is 0 Å². The molecule has 1 saturated heterocycles. The van der Waals surface area contributed by atoms with Crippen molar-refractivity contribution in [2.75, 3.05) is 6.54 Å². The molecule has 1 heterocycles. The van der Waals surface area contributed by atoms with Crippen molar-refractivity contribution >= 4 is 29.8 Å². The van der Waals surface area contributed by atoms with E-state index in [0.717, 1.165) is 16.7 Å². The van der Waals surface area contributed by atoms with Crippen LogP contribution in [0.2, 0.25) is 0 Å². The highest BCUT2D eigenvalue weighted by molar-refractivity contribution is 5.95. The lowest BCUT2D eigenvalue weighted by atomic mass is 10.0. The summed E-state index contributed by atoms with van der Waals surface area (Å²) in [6.07, 6.45) is 0.496. The molecule has 0 radical (unpaired) electrons. The minimum Gasteiger partial charge on any atom is -0.480 e. The topological polar surface area (TPSA) is 154 Å². The minimum atomic E-state index is -1.22. The predicted molar refractivity (Wildman–Crippen MR) is 180 cm³/mol. The first kappa shape index (κ1) is 35.7. The first-order valence-electron chi connectivity index (χ1n) is 16.1. The molecular formula is C37H44N4O7. The molecule has 3 aromatic carbocycles. The van der Waals surface area contributed by atoms with E-state index in [1.54, 1.807) is 45.0 Å². The van der Waals surface area contributed by atoms with Gasteiger partial charge >= 0.3 is 12.1 Å². The lowest BCUT2D eigenvalue weighted by molar-refractivity contribution is -0.143. The van der Waals surface area contributed by atoms with Crippen LogP contribution in [0, 0.1) is 0 Å². The molecule has 4 atom stereocenters. The Labute approximate surface area is 281 Å². The number of benzene rings is 3. The van der Waals surface area contributed by atoms with E-state index >= 15 is 0 Å². The van der Waals surface area contributed by atoms with Gasteiger partial charge in [0.1, 0.15) is 29.8 Å². The Morgan fingerprint density at radius 3 is 1.69 bits per heavy atom. The summed E-state index contributed by atoms with van der Waals surface area (Å²) in [6.45, 7) is 5.46. The van der Waals surface area contributed by atoms with Crippen LogP contribution in [-0.2, 0) is 43.2 Å². The zero-order valence-corrected chi connectivity index (χ0v) is 27.6. The molecule has 1 aliphatic rings. The van der Waals surface area contributed by atoms with Gasteiger partial charge in [-0.2, -0.15) is 0 Å². The van der Waals surface area contributed by atoms with Gasteiger partial charge in [0, 0.05) is 25.8 Å². The summed E-state index contributed by atoms with van der Waals surface area (Å²) >= 11 is 0. The van der Waals surface area contributed by atoms with Crippen LogP contribution in [0.15, 0.2) is 91.0 Å². The van der Waals surface area contributed by atoms with Gasteiger partial charge in [0.25, 0.3) is 0 Å². The minimum absolute atomic E-state index is 0.0618. The monoisotopic (exact) mass is 656 g/mol. The normalized spacial score (nSPS) is 16.2. The van der Waals surface area contributed by atoms with Gasteiger partial charge in [-0.3, -0.25) is 14.4 Å². The second-order valence-electron chi connectivity index (χ2n) is 12.9. The number of nitrogens with zero attached hydrogens (tertiary/aromatic N) is 1. The number of nitrogens with one attached hydrogen (secondary N) is 3. The number of alkyl carbamates (subject to hydrolysis) is 1. The zero-order valence-electron chi connectivity index (χ0n) is 27.6. The highest BCUT2D eigenvalue weighted by atomic mass is 16.6. The summed E-state index contributed by atoms with van der Waals surface area (Å²) in [6, 6.07) is 23.0. The number of ether oxygens (including phenoxy) is 1. The molecule has 1 fully saturated rings. The summed E-state index contributed by atoms with van der Waals surface area (Å²) in [5.41, 5.74) is 1.53. The van der Waals surface area contributed by atoms with Crippen molar-refractivity contribution in [3.05, 3.63) is 108 Å². The number of carbonyl (C=O) groups is 5. The maximum absolute atomic E-state index is 14.0. The smallest absolute Gasteiger partial charge is 0.408 e. The number of hydrogen-bond donors (Lipinski definition) is 4. The van der Waals surface area contributed by atoms with Crippen molar-refractivity contribution in [1.82, 2.24) is 20.9 Å². The maximum atomic E-state index is 14.0. The lowest BCUT2D eigenvalue weighted by Gasteiger charge is -2.30. The van der Waals surface area contributed by atoms with Crippen LogP contribution in [0.5, 0.6) is 0 Å². The SMILES string of the molecule is CC(C)(C)OC(=O)N[C@@H](Cc1ccccc1)C(=O)N1CCC[C@H]1C(=O)N[C@@H](Cc1ccccc1)C(=O)N[C@@H](Cc1ccccc1)C(=O)O. The highest BCUT2D eigenvalue weighted by Crippen LogP contribution is 2.21. The fourth-order valence-corrected chi connectivity index (χ4v) is 5.65. The first-order chi connectivity index (χ1) is 22.9. The first-order valence-corrected chi connectivity index (χ1v) is 16.1. The van der Waals surface area contributed by atoms with E-state index in [9.17, 15) is 29.1 Å². The largest absolute Gasteiger partial charge is 0.480 e.